The molecular formula is C10H11ClN6O. The van der Waals surface area contributed by atoms with Gasteiger partial charge in [-0.05, 0) is 12.1 Å². The normalized spacial score (nSPS) is 10.6. The molecule has 0 saturated carbocycles. The van der Waals surface area contributed by atoms with E-state index in [1.807, 2.05) is 6.07 Å². The average molecular weight is 267 g/mol. The molecule has 0 fully saturated rings. The molecule has 0 heterocycles. The Morgan fingerprint density at radius 2 is 2.06 bits per heavy atom. The molecule has 0 radical (unpaired) electrons. The van der Waals surface area contributed by atoms with Crippen molar-refractivity contribution in [2.45, 2.75) is 0 Å². The van der Waals surface area contributed by atoms with Gasteiger partial charge in [0.15, 0.2) is 5.96 Å². The van der Waals surface area contributed by atoms with Crippen LogP contribution in [0, 0.1) is 11.3 Å². The van der Waals surface area contributed by atoms with E-state index < -0.39 is 0 Å². The molecule has 0 saturated heterocycles. The highest BCUT2D eigenvalue weighted by Gasteiger charge is 2.12. The fourth-order valence-corrected chi connectivity index (χ4v) is 1.46. The first-order valence-electron chi connectivity index (χ1n) is 4.70. The number of nitriles is 1. The minimum absolute atomic E-state index is 0.154. The summed E-state index contributed by atoms with van der Waals surface area (Å²) in [6.45, 7) is 0. The fourth-order valence-electron chi connectivity index (χ4n) is 1.18. The second kappa shape index (κ2) is 5.75. The summed E-state index contributed by atoms with van der Waals surface area (Å²) >= 11 is 6.02. The molecule has 0 aliphatic carbocycles. The SMILES string of the molecule is COc1ccc(C#N)c(N=C(N)N=C(N)N)c1Cl. The molecule has 0 bridgehead atoms. The molecule has 0 amide bonds. The van der Waals surface area contributed by atoms with Crippen LogP contribution in [0.15, 0.2) is 22.1 Å². The lowest BCUT2D eigenvalue weighted by Gasteiger charge is -2.07. The van der Waals surface area contributed by atoms with Gasteiger partial charge in [0.1, 0.15) is 22.5 Å². The number of guanidine groups is 2. The molecule has 1 rings (SSSR count). The second-order valence-electron chi connectivity index (χ2n) is 3.10. The van der Waals surface area contributed by atoms with Crippen LogP contribution in [-0.2, 0) is 0 Å². The summed E-state index contributed by atoms with van der Waals surface area (Å²) < 4.78 is 5.01. The lowest BCUT2D eigenvalue weighted by Crippen LogP contribution is -2.26. The van der Waals surface area contributed by atoms with Crippen LogP contribution in [0.3, 0.4) is 0 Å². The topological polar surface area (TPSA) is 136 Å². The Labute approximate surface area is 109 Å². The van der Waals surface area contributed by atoms with Gasteiger partial charge >= 0.3 is 0 Å². The maximum absolute atomic E-state index is 8.96. The van der Waals surface area contributed by atoms with E-state index in [1.165, 1.54) is 13.2 Å². The Morgan fingerprint density at radius 1 is 1.39 bits per heavy atom. The van der Waals surface area contributed by atoms with E-state index in [1.54, 1.807) is 6.07 Å². The van der Waals surface area contributed by atoms with Crippen molar-refractivity contribution in [2.24, 2.45) is 27.2 Å². The molecule has 0 unspecified atom stereocenters. The Balaban J connectivity index is 3.39. The number of rotatable bonds is 2. The summed E-state index contributed by atoms with van der Waals surface area (Å²) in [7, 11) is 1.44. The van der Waals surface area contributed by atoms with Gasteiger partial charge in [-0.15, -0.1) is 0 Å². The van der Waals surface area contributed by atoms with Crippen molar-refractivity contribution in [1.29, 1.82) is 5.26 Å². The maximum atomic E-state index is 8.96. The Morgan fingerprint density at radius 3 is 2.56 bits per heavy atom. The zero-order chi connectivity index (χ0) is 13.7. The van der Waals surface area contributed by atoms with Crippen LogP contribution in [0.2, 0.25) is 5.02 Å². The lowest BCUT2D eigenvalue weighted by atomic mass is 10.2. The summed E-state index contributed by atoms with van der Waals surface area (Å²) in [5, 5.41) is 9.11. The van der Waals surface area contributed by atoms with Crippen LogP contribution in [0.1, 0.15) is 5.56 Å². The summed E-state index contributed by atoms with van der Waals surface area (Å²) in [6, 6.07) is 4.99. The number of aliphatic imine (C=N–C) groups is 2. The van der Waals surface area contributed by atoms with E-state index >= 15 is 0 Å². The first kappa shape index (κ1) is 13.6. The zero-order valence-corrected chi connectivity index (χ0v) is 10.3. The fraction of sp³-hybridized carbons (Fsp3) is 0.100. The monoisotopic (exact) mass is 266 g/mol. The zero-order valence-electron chi connectivity index (χ0n) is 9.51. The molecule has 0 aromatic heterocycles. The third-order valence-electron chi connectivity index (χ3n) is 1.89. The van der Waals surface area contributed by atoms with Crippen LogP contribution >= 0.6 is 11.6 Å². The van der Waals surface area contributed by atoms with E-state index in [-0.39, 0.29) is 28.2 Å². The van der Waals surface area contributed by atoms with Gasteiger partial charge < -0.3 is 21.9 Å². The summed E-state index contributed by atoms with van der Waals surface area (Å²) in [4.78, 5) is 7.43. The van der Waals surface area contributed by atoms with Crippen molar-refractivity contribution < 1.29 is 4.74 Å². The maximum Gasteiger partial charge on any atom is 0.223 e. The molecule has 7 nitrogen and oxygen atoms in total. The number of benzene rings is 1. The molecule has 8 heteroatoms. The van der Waals surface area contributed by atoms with Crippen LogP contribution in [0.25, 0.3) is 0 Å². The quantitative estimate of drug-likeness (QED) is 0.527. The highest BCUT2D eigenvalue weighted by atomic mass is 35.5. The van der Waals surface area contributed by atoms with Crippen molar-refractivity contribution in [3.63, 3.8) is 0 Å². The van der Waals surface area contributed by atoms with E-state index in [2.05, 4.69) is 9.98 Å². The molecule has 6 N–H and O–H groups in total. The van der Waals surface area contributed by atoms with Gasteiger partial charge in [-0.1, -0.05) is 11.6 Å². The van der Waals surface area contributed by atoms with Crippen LogP contribution < -0.4 is 21.9 Å². The van der Waals surface area contributed by atoms with Crippen molar-refractivity contribution in [2.75, 3.05) is 7.11 Å². The van der Waals surface area contributed by atoms with Gasteiger partial charge in [-0.25, -0.2) is 4.99 Å². The standard InChI is InChI=1S/C10H11ClN6O/c1-18-6-3-2-5(4-12)8(7(6)11)16-10(15)17-9(13)14/h2-3H,1H3,(H6,13,14,15,16,17). The molecule has 1 aromatic carbocycles. The first-order chi connectivity index (χ1) is 8.49. The van der Waals surface area contributed by atoms with Gasteiger partial charge in [0, 0.05) is 0 Å². The predicted molar refractivity (Wildman–Crippen MR) is 69.8 cm³/mol. The summed E-state index contributed by atoms with van der Waals surface area (Å²) in [5.74, 6) is -0.0812. The predicted octanol–water partition coefficient (Wildman–Crippen LogP) is 0.440. The Bertz CT molecular complexity index is 556. The highest BCUT2D eigenvalue weighted by molar-refractivity contribution is 6.35. The second-order valence-corrected chi connectivity index (χ2v) is 3.47. The van der Waals surface area contributed by atoms with E-state index in [0.717, 1.165) is 0 Å². The number of nitrogens with zero attached hydrogens (tertiary/aromatic N) is 3. The highest BCUT2D eigenvalue weighted by Crippen LogP contribution is 2.36. The number of halogens is 1. The van der Waals surface area contributed by atoms with Crippen LogP contribution in [0.4, 0.5) is 5.69 Å². The summed E-state index contributed by atoms with van der Waals surface area (Å²) in [5.41, 5.74) is 16.2. The molecule has 18 heavy (non-hydrogen) atoms. The average Bonchev–Trinajstić information content (AvgIpc) is 2.30. The Kier molecular flexibility index (Phi) is 4.34. The largest absolute Gasteiger partial charge is 0.495 e. The van der Waals surface area contributed by atoms with Crippen molar-refractivity contribution in [1.82, 2.24) is 0 Å². The molecule has 1 aromatic rings. The number of ether oxygens (including phenoxy) is 1. The van der Waals surface area contributed by atoms with Gasteiger partial charge in [-0.2, -0.15) is 10.3 Å². The molecule has 0 aliphatic rings. The number of nitrogens with two attached hydrogens (primary N) is 3. The van der Waals surface area contributed by atoms with E-state index in [9.17, 15) is 0 Å². The molecular weight excluding hydrogens is 256 g/mol. The third kappa shape index (κ3) is 3.02. The number of hydrogen-bond donors (Lipinski definition) is 3. The van der Waals surface area contributed by atoms with Gasteiger partial charge in [-0.3, -0.25) is 0 Å². The van der Waals surface area contributed by atoms with Crippen molar-refractivity contribution in [3.8, 4) is 11.8 Å². The van der Waals surface area contributed by atoms with Gasteiger partial charge in [0.05, 0.1) is 12.7 Å². The lowest BCUT2D eigenvalue weighted by molar-refractivity contribution is 0.415. The molecule has 0 atom stereocenters. The van der Waals surface area contributed by atoms with Crippen LogP contribution in [0.5, 0.6) is 5.75 Å². The van der Waals surface area contributed by atoms with E-state index in [0.29, 0.717) is 5.75 Å². The van der Waals surface area contributed by atoms with Crippen molar-refractivity contribution in [3.05, 3.63) is 22.7 Å². The minimum Gasteiger partial charge on any atom is -0.495 e. The third-order valence-corrected chi connectivity index (χ3v) is 2.26. The molecule has 94 valence electrons. The Hall–Kier alpha value is -2.46. The first-order valence-corrected chi connectivity index (χ1v) is 5.07. The number of hydrogen-bond acceptors (Lipinski definition) is 3. The summed E-state index contributed by atoms with van der Waals surface area (Å²) in [6.07, 6.45) is 0. The van der Waals surface area contributed by atoms with Gasteiger partial charge in [0.25, 0.3) is 0 Å². The number of methoxy groups -OCH3 is 1. The van der Waals surface area contributed by atoms with Crippen molar-refractivity contribution >= 4 is 29.2 Å². The van der Waals surface area contributed by atoms with Crippen LogP contribution in [-0.4, -0.2) is 19.0 Å². The molecule has 0 spiro atoms. The molecule has 0 aliphatic heterocycles. The minimum atomic E-state index is -0.242. The van der Waals surface area contributed by atoms with E-state index in [4.69, 9.17) is 38.8 Å². The van der Waals surface area contributed by atoms with Gasteiger partial charge in [0.2, 0.25) is 5.96 Å². The smallest absolute Gasteiger partial charge is 0.223 e.